The Labute approximate surface area is 110 Å². The van der Waals surface area contributed by atoms with Crippen LogP contribution in [-0.4, -0.2) is 11.9 Å². The second kappa shape index (κ2) is 6.55. The highest BCUT2D eigenvalue weighted by Gasteiger charge is 2.18. The van der Waals surface area contributed by atoms with Gasteiger partial charge >= 0.3 is 0 Å². The molecule has 1 atom stereocenters. The number of hydrogen-bond donors (Lipinski definition) is 2. The van der Waals surface area contributed by atoms with E-state index in [4.69, 9.17) is 5.73 Å². The summed E-state index contributed by atoms with van der Waals surface area (Å²) in [6.07, 6.45) is 0. The molecule has 0 aliphatic carbocycles. The van der Waals surface area contributed by atoms with Crippen molar-refractivity contribution in [3.8, 4) is 0 Å². The predicted octanol–water partition coefficient (Wildman–Crippen LogP) is 2.41. The van der Waals surface area contributed by atoms with E-state index >= 15 is 0 Å². The molecule has 0 saturated heterocycles. The van der Waals surface area contributed by atoms with Crippen LogP contribution in [0.5, 0.6) is 0 Å². The van der Waals surface area contributed by atoms with Gasteiger partial charge in [0.25, 0.3) is 0 Å². The quantitative estimate of drug-likeness (QED) is 0.812. The zero-order valence-corrected chi connectivity index (χ0v) is 11.7. The summed E-state index contributed by atoms with van der Waals surface area (Å²) in [5.41, 5.74) is 7.86. The molecule has 3 heteroatoms. The van der Waals surface area contributed by atoms with Crippen LogP contribution in [0.25, 0.3) is 0 Å². The largest absolute Gasteiger partial charge is 0.368 e. The van der Waals surface area contributed by atoms with Gasteiger partial charge in [0.1, 0.15) is 0 Å². The summed E-state index contributed by atoms with van der Waals surface area (Å²) in [7, 11) is 0. The van der Waals surface area contributed by atoms with E-state index in [-0.39, 0.29) is 17.9 Å². The van der Waals surface area contributed by atoms with Gasteiger partial charge in [-0.2, -0.15) is 0 Å². The van der Waals surface area contributed by atoms with Gasteiger partial charge in [-0.25, -0.2) is 0 Å². The number of hydrogen-bond acceptors (Lipinski definition) is 2. The third-order valence-corrected chi connectivity index (χ3v) is 3.15. The van der Waals surface area contributed by atoms with Crippen molar-refractivity contribution >= 4 is 5.91 Å². The van der Waals surface area contributed by atoms with Gasteiger partial charge in [-0.1, -0.05) is 52.0 Å². The normalized spacial score (nSPS) is 13.0. The Morgan fingerprint density at radius 3 is 2.11 bits per heavy atom. The van der Waals surface area contributed by atoms with Gasteiger partial charge in [-0.3, -0.25) is 4.79 Å². The zero-order valence-electron chi connectivity index (χ0n) is 11.7. The van der Waals surface area contributed by atoms with Crippen LogP contribution in [0.3, 0.4) is 0 Å². The number of nitrogens with one attached hydrogen (secondary N) is 1. The van der Waals surface area contributed by atoms with E-state index in [1.54, 1.807) is 0 Å². The smallest absolute Gasteiger partial charge is 0.234 e. The Hall–Kier alpha value is -1.35. The van der Waals surface area contributed by atoms with Gasteiger partial charge in [0.2, 0.25) is 5.91 Å². The number of amides is 1. The van der Waals surface area contributed by atoms with Gasteiger partial charge in [-0.05, 0) is 23.0 Å². The highest BCUT2D eigenvalue weighted by molar-refractivity contribution is 5.80. The van der Waals surface area contributed by atoms with E-state index in [0.717, 1.165) is 0 Å². The summed E-state index contributed by atoms with van der Waals surface area (Å²) in [5.74, 6) is 0.460. The summed E-state index contributed by atoms with van der Waals surface area (Å²) in [5, 5.41) is 3.21. The minimum absolute atomic E-state index is 0.206. The molecular formula is C15H24N2O. The first-order valence-electron chi connectivity index (χ1n) is 6.53. The van der Waals surface area contributed by atoms with E-state index in [2.05, 4.69) is 43.4 Å². The molecule has 0 saturated carbocycles. The van der Waals surface area contributed by atoms with Gasteiger partial charge in [0.05, 0.1) is 6.04 Å². The Kier molecular flexibility index (Phi) is 5.35. The molecule has 0 bridgehead atoms. The van der Waals surface area contributed by atoms with Gasteiger partial charge in [0.15, 0.2) is 0 Å². The average Bonchev–Trinajstić information content (AvgIpc) is 2.28. The van der Waals surface area contributed by atoms with Gasteiger partial charge in [-0.15, -0.1) is 0 Å². The zero-order chi connectivity index (χ0) is 13.7. The Balaban J connectivity index is 2.60. The second-order valence-corrected chi connectivity index (χ2v) is 5.40. The Morgan fingerprint density at radius 1 is 1.17 bits per heavy atom. The second-order valence-electron chi connectivity index (χ2n) is 5.40. The minimum atomic E-state index is -0.288. The molecule has 1 aromatic rings. The lowest BCUT2D eigenvalue weighted by Crippen LogP contribution is -2.44. The standard InChI is InChI=1S/C15H24N2O/c1-10(2)13-7-5-12(6-8-13)9-17-14(11(3)4)15(16)18/h5-8,10-11,14,17H,9H2,1-4H3,(H2,16,18). The third kappa shape index (κ3) is 4.15. The van der Waals surface area contributed by atoms with Crippen molar-refractivity contribution < 1.29 is 4.79 Å². The predicted molar refractivity (Wildman–Crippen MR) is 75.2 cm³/mol. The number of carbonyl (C=O) groups excluding carboxylic acids is 1. The monoisotopic (exact) mass is 248 g/mol. The molecule has 18 heavy (non-hydrogen) atoms. The summed E-state index contributed by atoms with van der Waals surface area (Å²) in [6.45, 7) is 9.00. The molecule has 3 nitrogen and oxygen atoms in total. The number of benzene rings is 1. The minimum Gasteiger partial charge on any atom is -0.368 e. The van der Waals surface area contributed by atoms with E-state index in [0.29, 0.717) is 12.5 Å². The van der Waals surface area contributed by atoms with Crippen LogP contribution in [0.2, 0.25) is 0 Å². The highest BCUT2D eigenvalue weighted by atomic mass is 16.1. The molecule has 3 N–H and O–H groups in total. The fraction of sp³-hybridized carbons (Fsp3) is 0.533. The molecule has 0 aliphatic heterocycles. The maximum absolute atomic E-state index is 11.3. The first-order chi connectivity index (χ1) is 8.41. The lowest BCUT2D eigenvalue weighted by Gasteiger charge is -2.19. The van der Waals surface area contributed by atoms with Crippen LogP contribution in [0.15, 0.2) is 24.3 Å². The first-order valence-corrected chi connectivity index (χ1v) is 6.53. The van der Waals surface area contributed by atoms with Crippen molar-refractivity contribution in [1.82, 2.24) is 5.32 Å². The molecule has 0 heterocycles. The van der Waals surface area contributed by atoms with Gasteiger partial charge in [0, 0.05) is 6.54 Å². The maximum atomic E-state index is 11.3. The van der Waals surface area contributed by atoms with E-state index in [9.17, 15) is 4.79 Å². The number of rotatable bonds is 6. The van der Waals surface area contributed by atoms with Crippen LogP contribution < -0.4 is 11.1 Å². The molecule has 0 spiro atoms. The molecule has 1 rings (SSSR count). The van der Waals surface area contributed by atoms with Crippen molar-refractivity contribution in [2.45, 2.75) is 46.2 Å². The summed E-state index contributed by atoms with van der Waals surface area (Å²) >= 11 is 0. The Morgan fingerprint density at radius 2 is 1.72 bits per heavy atom. The molecular weight excluding hydrogens is 224 g/mol. The van der Waals surface area contributed by atoms with Crippen LogP contribution in [0, 0.1) is 5.92 Å². The third-order valence-electron chi connectivity index (χ3n) is 3.15. The van der Waals surface area contributed by atoms with Crippen LogP contribution in [-0.2, 0) is 11.3 Å². The molecule has 100 valence electrons. The SMILES string of the molecule is CC(C)c1ccc(CNC(C(N)=O)C(C)C)cc1. The summed E-state index contributed by atoms with van der Waals surface area (Å²) < 4.78 is 0. The van der Waals surface area contributed by atoms with Crippen molar-refractivity contribution in [3.63, 3.8) is 0 Å². The topological polar surface area (TPSA) is 55.1 Å². The number of nitrogens with two attached hydrogens (primary N) is 1. The number of carbonyl (C=O) groups is 1. The van der Waals surface area contributed by atoms with Gasteiger partial charge < -0.3 is 11.1 Å². The molecule has 0 aromatic heterocycles. The maximum Gasteiger partial charge on any atom is 0.234 e. The molecule has 0 radical (unpaired) electrons. The number of primary amides is 1. The van der Waals surface area contributed by atoms with Crippen molar-refractivity contribution in [2.24, 2.45) is 11.7 Å². The molecule has 1 unspecified atom stereocenters. The summed E-state index contributed by atoms with van der Waals surface area (Å²) in [6, 6.07) is 8.20. The van der Waals surface area contributed by atoms with E-state index in [1.165, 1.54) is 11.1 Å². The molecule has 1 aromatic carbocycles. The molecule has 0 aliphatic rings. The van der Waals surface area contributed by atoms with Crippen LogP contribution >= 0.6 is 0 Å². The van der Waals surface area contributed by atoms with Crippen molar-refractivity contribution in [2.75, 3.05) is 0 Å². The average molecular weight is 248 g/mol. The van der Waals surface area contributed by atoms with E-state index in [1.807, 2.05) is 13.8 Å². The highest BCUT2D eigenvalue weighted by Crippen LogP contribution is 2.14. The molecule has 0 fully saturated rings. The van der Waals surface area contributed by atoms with E-state index < -0.39 is 0 Å². The lowest BCUT2D eigenvalue weighted by molar-refractivity contribution is -0.121. The fourth-order valence-corrected chi connectivity index (χ4v) is 1.91. The summed E-state index contributed by atoms with van der Waals surface area (Å²) in [4.78, 5) is 11.3. The van der Waals surface area contributed by atoms with Crippen molar-refractivity contribution in [1.29, 1.82) is 0 Å². The fourth-order valence-electron chi connectivity index (χ4n) is 1.91. The first kappa shape index (κ1) is 14.7. The van der Waals surface area contributed by atoms with Crippen LogP contribution in [0.4, 0.5) is 0 Å². The van der Waals surface area contributed by atoms with Crippen LogP contribution in [0.1, 0.15) is 44.7 Å². The lowest BCUT2D eigenvalue weighted by atomic mass is 10.0. The Bertz CT molecular complexity index is 382. The van der Waals surface area contributed by atoms with Crippen molar-refractivity contribution in [3.05, 3.63) is 35.4 Å². The molecule has 1 amide bonds.